The Kier molecular flexibility index (Phi) is 3.99. The van der Waals surface area contributed by atoms with Crippen LogP contribution in [0.1, 0.15) is 20.9 Å². The van der Waals surface area contributed by atoms with Gasteiger partial charge in [0.2, 0.25) is 0 Å². The summed E-state index contributed by atoms with van der Waals surface area (Å²) in [7, 11) is 0. The molecule has 2 aromatic rings. The molecule has 1 aromatic carbocycles. The topological polar surface area (TPSA) is 32.3 Å². The zero-order chi connectivity index (χ0) is 13.1. The molecule has 4 heteroatoms. The quantitative estimate of drug-likeness (QED) is 0.886. The van der Waals surface area contributed by atoms with Crippen LogP contribution in [0.25, 0.3) is 0 Å². The molecule has 0 aliphatic carbocycles. The van der Waals surface area contributed by atoms with Gasteiger partial charge < -0.3 is 10.4 Å². The molecule has 96 valence electrons. The van der Waals surface area contributed by atoms with E-state index < -0.39 is 5.82 Å². The van der Waals surface area contributed by atoms with Gasteiger partial charge in [0.15, 0.2) is 11.6 Å². The van der Waals surface area contributed by atoms with Crippen LogP contribution in [0.3, 0.4) is 0 Å². The van der Waals surface area contributed by atoms with Crippen molar-refractivity contribution in [3.63, 3.8) is 0 Å². The number of phenols is 1. The van der Waals surface area contributed by atoms with Gasteiger partial charge in [-0.05, 0) is 43.2 Å². The molecule has 2 rings (SSSR count). The Balaban J connectivity index is 1.90. The smallest absolute Gasteiger partial charge is 0.165 e. The third-order valence-corrected chi connectivity index (χ3v) is 4.01. The number of benzene rings is 1. The van der Waals surface area contributed by atoms with Gasteiger partial charge >= 0.3 is 0 Å². The van der Waals surface area contributed by atoms with Crippen molar-refractivity contribution in [3.05, 3.63) is 51.0 Å². The van der Waals surface area contributed by atoms with E-state index in [1.807, 2.05) is 0 Å². The molecule has 0 aliphatic rings. The van der Waals surface area contributed by atoms with Crippen molar-refractivity contribution in [2.75, 3.05) is 0 Å². The molecular weight excluding hydrogens is 249 g/mol. The maximum absolute atomic E-state index is 13.1. The van der Waals surface area contributed by atoms with Crippen LogP contribution in [-0.4, -0.2) is 5.11 Å². The summed E-state index contributed by atoms with van der Waals surface area (Å²) in [4.78, 5) is 2.62. The molecular formula is C14H16FNOS. The predicted molar refractivity (Wildman–Crippen MR) is 72.4 cm³/mol. The second-order valence-electron chi connectivity index (χ2n) is 4.34. The lowest BCUT2D eigenvalue weighted by atomic mass is 10.2. The number of aromatic hydroxyl groups is 1. The molecule has 1 aromatic heterocycles. The van der Waals surface area contributed by atoms with Crippen molar-refractivity contribution in [2.45, 2.75) is 26.9 Å². The Morgan fingerprint density at radius 1 is 1.22 bits per heavy atom. The highest BCUT2D eigenvalue weighted by atomic mass is 32.1. The molecule has 0 unspecified atom stereocenters. The van der Waals surface area contributed by atoms with Crippen molar-refractivity contribution < 1.29 is 9.50 Å². The number of rotatable bonds is 4. The van der Waals surface area contributed by atoms with Gasteiger partial charge in [-0.25, -0.2) is 4.39 Å². The average Bonchev–Trinajstić information content (AvgIpc) is 2.63. The molecule has 2 nitrogen and oxygen atoms in total. The van der Waals surface area contributed by atoms with Crippen molar-refractivity contribution >= 4 is 11.3 Å². The third kappa shape index (κ3) is 3.09. The number of thiophene rings is 1. The van der Waals surface area contributed by atoms with Gasteiger partial charge in [-0.15, -0.1) is 11.3 Å². The first-order valence-electron chi connectivity index (χ1n) is 5.80. The van der Waals surface area contributed by atoms with Crippen LogP contribution in [0.5, 0.6) is 5.75 Å². The lowest BCUT2D eigenvalue weighted by molar-refractivity contribution is 0.431. The van der Waals surface area contributed by atoms with E-state index in [2.05, 4.69) is 25.2 Å². The first-order chi connectivity index (χ1) is 8.56. The molecule has 0 spiro atoms. The van der Waals surface area contributed by atoms with Crippen molar-refractivity contribution in [1.82, 2.24) is 5.32 Å². The van der Waals surface area contributed by atoms with E-state index in [-0.39, 0.29) is 5.75 Å². The Labute approximate surface area is 110 Å². The van der Waals surface area contributed by atoms with Gasteiger partial charge in [0.25, 0.3) is 0 Å². The lowest BCUT2D eigenvalue weighted by Crippen LogP contribution is -2.11. The van der Waals surface area contributed by atoms with E-state index in [1.54, 1.807) is 17.4 Å². The van der Waals surface area contributed by atoms with Crippen LogP contribution in [0.15, 0.2) is 24.3 Å². The first-order valence-corrected chi connectivity index (χ1v) is 6.62. The third-order valence-electron chi connectivity index (χ3n) is 2.86. The zero-order valence-corrected chi connectivity index (χ0v) is 11.3. The fraction of sp³-hybridized carbons (Fsp3) is 0.286. The summed E-state index contributed by atoms with van der Waals surface area (Å²) in [5, 5.41) is 12.4. The highest BCUT2D eigenvalue weighted by Gasteiger charge is 2.03. The van der Waals surface area contributed by atoms with Crippen LogP contribution in [0.2, 0.25) is 0 Å². The van der Waals surface area contributed by atoms with Gasteiger partial charge in [0, 0.05) is 22.8 Å². The van der Waals surface area contributed by atoms with E-state index in [9.17, 15) is 4.39 Å². The predicted octanol–water partition coefficient (Wildman–Crippen LogP) is 3.50. The van der Waals surface area contributed by atoms with Crippen LogP contribution < -0.4 is 5.32 Å². The van der Waals surface area contributed by atoms with Gasteiger partial charge in [-0.3, -0.25) is 0 Å². The Morgan fingerprint density at radius 2 is 2.00 bits per heavy atom. The Morgan fingerprint density at radius 3 is 2.61 bits per heavy atom. The number of nitrogens with one attached hydrogen (secondary N) is 1. The number of phenolic OH excluding ortho intramolecular Hbond substituents is 1. The summed E-state index contributed by atoms with van der Waals surface area (Å²) in [6.45, 7) is 5.58. The minimum absolute atomic E-state index is 0.303. The summed E-state index contributed by atoms with van der Waals surface area (Å²) in [6, 6.07) is 6.62. The number of halogens is 1. The summed E-state index contributed by atoms with van der Waals surface area (Å²) in [5.74, 6) is -0.875. The second-order valence-corrected chi connectivity index (χ2v) is 5.68. The standard InChI is InChI=1S/C14H16FNOS/c1-9-5-12(18-10(9)2)8-16-7-11-3-4-14(17)13(15)6-11/h3-6,16-17H,7-8H2,1-2H3. The molecule has 0 saturated heterocycles. The monoisotopic (exact) mass is 265 g/mol. The molecule has 2 N–H and O–H groups in total. The highest BCUT2D eigenvalue weighted by molar-refractivity contribution is 7.12. The molecule has 18 heavy (non-hydrogen) atoms. The van der Waals surface area contributed by atoms with Crippen molar-refractivity contribution in [1.29, 1.82) is 0 Å². The molecule has 0 bridgehead atoms. The summed E-state index contributed by atoms with van der Waals surface area (Å²) in [6.07, 6.45) is 0. The fourth-order valence-electron chi connectivity index (χ4n) is 1.73. The molecule has 0 fully saturated rings. The zero-order valence-electron chi connectivity index (χ0n) is 10.5. The molecule has 0 aliphatic heterocycles. The van der Waals surface area contributed by atoms with E-state index in [0.29, 0.717) is 6.54 Å². The minimum Gasteiger partial charge on any atom is -0.505 e. The number of hydrogen-bond acceptors (Lipinski definition) is 3. The van der Waals surface area contributed by atoms with E-state index in [0.717, 1.165) is 12.1 Å². The van der Waals surface area contributed by atoms with Crippen LogP contribution in [0, 0.1) is 19.7 Å². The van der Waals surface area contributed by atoms with E-state index >= 15 is 0 Å². The Bertz CT molecular complexity index is 531. The van der Waals surface area contributed by atoms with Gasteiger partial charge in [0.1, 0.15) is 0 Å². The number of aryl methyl sites for hydroxylation is 2. The molecule has 0 radical (unpaired) electrons. The van der Waals surface area contributed by atoms with Crippen LogP contribution >= 0.6 is 11.3 Å². The largest absolute Gasteiger partial charge is 0.505 e. The summed E-state index contributed by atoms with van der Waals surface area (Å²) < 4.78 is 13.1. The van der Waals surface area contributed by atoms with Gasteiger partial charge in [-0.1, -0.05) is 6.07 Å². The van der Waals surface area contributed by atoms with Crippen LogP contribution in [-0.2, 0) is 13.1 Å². The van der Waals surface area contributed by atoms with Gasteiger partial charge in [-0.2, -0.15) is 0 Å². The fourth-order valence-corrected chi connectivity index (χ4v) is 2.75. The second kappa shape index (κ2) is 5.50. The SMILES string of the molecule is Cc1cc(CNCc2ccc(O)c(F)c2)sc1C. The molecule has 0 saturated carbocycles. The van der Waals surface area contributed by atoms with Gasteiger partial charge in [0.05, 0.1) is 0 Å². The molecule has 1 heterocycles. The summed E-state index contributed by atoms with van der Waals surface area (Å²) >= 11 is 1.78. The summed E-state index contributed by atoms with van der Waals surface area (Å²) in [5.41, 5.74) is 2.14. The van der Waals surface area contributed by atoms with E-state index in [4.69, 9.17) is 5.11 Å². The number of hydrogen-bond donors (Lipinski definition) is 2. The normalized spacial score (nSPS) is 10.8. The van der Waals surface area contributed by atoms with Crippen LogP contribution in [0.4, 0.5) is 4.39 Å². The maximum atomic E-state index is 13.1. The van der Waals surface area contributed by atoms with E-state index in [1.165, 1.54) is 27.5 Å². The van der Waals surface area contributed by atoms with Crippen molar-refractivity contribution in [2.24, 2.45) is 0 Å². The maximum Gasteiger partial charge on any atom is 0.165 e. The molecule has 0 amide bonds. The molecule has 0 atom stereocenters. The lowest BCUT2D eigenvalue weighted by Gasteiger charge is -2.04. The minimum atomic E-state index is -0.572. The average molecular weight is 265 g/mol. The van der Waals surface area contributed by atoms with Crippen molar-refractivity contribution in [3.8, 4) is 5.75 Å². The Hall–Kier alpha value is -1.39. The highest BCUT2D eigenvalue weighted by Crippen LogP contribution is 2.20. The first kappa shape index (κ1) is 13.1.